The maximum Gasteiger partial charge on any atom is 0.347 e. The highest BCUT2D eigenvalue weighted by Gasteiger charge is 2.24. The summed E-state index contributed by atoms with van der Waals surface area (Å²) in [5, 5.41) is 23.2. The number of ether oxygens (including phenoxy) is 1. The number of hydrogen-bond donors (Lipinski definition) is 4. The lowest BCUT2D eigenvalue weighted by Gasteiger charge is -2.14. The Labute approximate surface area is 258 Å². The van der Waals surface area contributed by atoms with Gasteiger partial charge in [-0.25, -0.2) is 13.2 Å². The maximum atomic E-state index is 13.0. The van der Waals surface area contributed by atoms with Crippen LogP contribution in [0.5, 0.6) is 11.5 Å². The van der Waals surface area contributed by atoms with Crippen molar-refractivity contribution in [2.45, 2.75) is 25.3 Å². The number of carboxylic acids is 1. The van der Waals surface area contributed by atoms with E-state index in [-0.39, 0.29) is 33.7 Å². The standard InChI is InChI=1S/C33H28N2O7S2/c1-20-14-22(17-27(15-20)35-44(40,41)30-12-13-43-31(30)33(38)39)19-42-29-11-8-26(16-21(29)2)34-32(37)25-5-3-4-24(18-25)23-6-9-28(36)10-7-23/h3-18,35-36H,19H2,1-2H3,(H,34,37)(H,38,39). The minimum absolute atomic E-state index is 0.145. The van der Waals surface area contributed by atoms with Crippen molar-refractivity contribution in [2.24, 2.45) is 0 Å². The van der Waals surface area contributed by atoms with Crippen molar-refractivity contribution in [3.8, 4) is 22.6 Å². The van der Waals surface area contributed by atoms with E-state index < -0.39 is 16.0 Å². The van der Waals surface area contributed by atoms with Crippen molar-refractivity contribution in [1.82, 2.24) is 0 Å². The van der Waals surface area contributed by atoms with Crippen LogP contribution < -0.4 is 14.8 Å². The summed E-state index contributed by atoms with van der Waals surface area (Å²) in [4.78, 5) is 23.9. The highest BCUT2D eigenvalue weighted by Crippen LogP contribution is 2.28. The number of amides is 1. The van der Waals surface area contributed by atoms with Gasteiger partial charge in [0.25, 0.3) is 15.9 Å². The van der Waals surface area contributed by atoms with E-state index >= 15 is 0 Å². The van der Waals surface area contributed by atoms with Gasteiger partial charge in [0.15, 0.2) is 0 Å². The number of thiophene rings is 1. The number of carbonyl (C=O) groups excluding carboxylic acids is 1. The lowest BCUT2D eigenvalue weighted by atomic mass is 10.0. The number of carboxylic acid groups (broad SMARTS) is 1. The summed E-state index contributed by atoms with van der Waals surface area (Å²) in [7, 11) is -4.11. The molecule has 0 saturated heterocycles. The van der Waals surface area contributed by atoms with Gasteiger partial charge in [-0.2, -0.15) is 0 Å². The number of aromatic hydroxyl groups is 1. The Morgan fingerprint density at radius 3 is 2.36 bits per heavy atom. The van der Waals surface area contributed by atoms with Crippen LogP contribution in [0, 0.1) is 13.8 Å². The molecule has 4 aromatic carbocycles. The second kappa shape index (κ2) is 12.6. The fourth-order valence-electron chi connectivity index (χ4n) is 4.63. The number of aryl methyl sites for hydroxylation is 2. The first-order chi connectivity index (χ1) is 21.0. The normalized spacial score (nSPS) is 11.1. The van der Waals surface area contributed by atoms with E-state index in [0.29, 0.717) is 22.6 Å². The molecule has 1 heterocycles. The first-order valence-corrected chi connectivity index (χ1v) is 15.7. The lowest BCUT2D eigenvalue weighted by Crippen LogP contribution is -2.15. The zero-order valence-corrected chi connectivity index (χ0v) is 25.3. The number of nitrogens with one attached hydrogen (secondary N) is 2. The summed E-state index contributed by atoms with van der Waals surface area (Å²) in [5.74, 6) is -0.819. The summed E-state index contributed by atoms with van der Waals surface area (Å²) in [5.41, 5.74) is 5.37. The Hall–Kier alpha value is -5.13. The average molecular weight is 629 g/mol. The van der Waals surface area contributed by atoms with E-state index in [9.17, 15) is 28.2 Å². The van der Waals surface area contributed by atoms with E-state index in [1.54, 1.807) is 72.8 Å². The Bertz CT molecular complexity index is 1970. The van der Waals surface area contributed by atoms with E-state index in [1.165, 1.54) is 11.4 Å². The predicted molar refractivity (Wildman–Crippen MR) is 170 cm³/mol. The number of carbonyl (C=O) groups is 2. The molecule has 0 aliphatic heterocycles. The van der Waals surface area contributed by atoms with Gasteiger partial charge in [0, 0.05) is 16.9 Å². The van der Waals surface area contributed by atoms with Crippen LogP contribution in [0.2, 0.25) is 0 Å². The quantitative estimate of drug-likeness (QED) is 0.130. The number of sulfonamides is 1. The number of benzene rings is 4. The average Bonchev–Trinajstić information content (AvgIpc) is 3.49. The van der Waals surface area contributed by atoms with Crippen LogP contribution in [0.15, 0.2) is 101 Å². The van der Waals surface area contributed by atoms with Gasteiger partial charge >= 0.3 is 5.97 Å². The van der Waals surface area contributed by atoms with E-state index in [0.717, 1.165) is 33.6 Å². The molecule has 1 amide bonds. The first-order valence-electron chi connectivity index (χ1n) is 13.4. The molecular weight excluding hydrogens is 601 g/mol. The molecule has 5 aromatic rings. The highest BCUT2D eigenvalue weighted by atomic mass is 32.2. The molecule has 0 fully saturated rings. The van der Waals surface area contributed by atoms with Crippen LogP contribution >= 0.6 is 11.3 Å². The van der Waals surface area contributed by atoms with Gasteiger partial charge in [-0.1, -0.05) is 30.3 Å². The summed E-state index contributed by atoms with van der Waals surface area (Å²) in [6.45, 7) is 3.82. The second-order valence-corrected chi connectivity index (χ2v) is 12.6. The molecule has 1 aromatic heterocycles. The largest absolute Gasteiger partial charge is 0.508 e. The molecule has 0 aliphatic rings. The molecule has 0 unspecified atom stereocenters. The summed E-state index contributed by atoms with van der Waals surface area (Å²) in [6.07, 6.45) is 0. The Morgan fingerprint density at radius 2 is 1.64 bits per heavy atom. The molecule has 0 spiro atoms. The van der Waals surface area contributed by atoms with Gasteiger partial charge in [-0.05, 0) is 108 Å². The smallest absolute Gasteiger partial charge is 0.347 e. The van der Waals surface area contributed by atoms with Crippen LogP contribution in [0.4, 0.5) is 11.4 Å². The minimum Gasteiger partial charge on any atom is -0.508 e. The maximum absolute atomic E-state index is 13.0. The van der Waals surface area contributed by atoms with Gasteiger partial charge < -0.3 is 20.3 Å². The number of phenols is 1. The Kier molecular flexibility index (Phi) is 8.70. The first kappa shape index (κ1) is 30.3. The molecule has 44 heavy (non-hydrogen) atoms. The van der Waals surface area contributed by atoms with Crippen molar-refractivity contribution in [3.05, 3.63) is 124 Å². The molecule has 9 nitrogen and oxygen atoms in total. The third-order valence-electron chi connectivity index (χ3n) is 6.65. The molecule has 0 saturated carbocycles. The van der Waals surface area contributed by atoms with Crippen molar-refractivity contribution in [2.75, 3.05) is 10.0 Å². The summed E-state index contributed by atoms with van der Waals surface area (Å²) >= 11 is 0.842. The minimum atomic E-state index is -4.11. The second-order valence-electron chi connectivity index (χ2n) is 10.1. The number of anilines is 2. The van der Waals surface area contributed by atoms with Gasteiger partial charge in [0.1, 0.15) is 27.9 Å². The molecule has 4 N–H and O–H groups in total. The monoisotopic (exact) mass is 628 g/mol. The summed E-state index contributed by atoms with van der Waals surface area (Å²) < 4.78 is 34.3. The van der Waals surface area contributed by atoms with E-state index in [2.05, 4.69) is 10.0 Å². The zero-order chi connectivity index (χ0) is 31.4. The van der Waals surface area contributed by atoms with Crippen LogP contribution in [0.1, 0.15) is 36.7 Å². The van der Waals surface area contributed by atoms with Crippen LogP contribution in [-0.2, 0) is 16.6 Å². The molecule has 11 heteroatoms. The zero-order valence-electron chi connectivity index (χ0n) is 23.7. The molecular formula is C33H28N2O7S2. The Morgan fingerprint density at radius 1 is 0.864 bits per heavy atom. The SMILES string of the molecule is Cc1cc(COc2ccc(NC(=O)c3cccc(-c4ccc(O)cc4)c3)cc2C)cc(NS(=O)(=O)c2ccsc2C(=O)O)c1. The topological polar surface area (TPSA) is 142 Å². The molecule has 5 rings (SSSR count). The molecule has 0 bridgehead atoms. The van der Waals surface area contributed by atoms with Crippen molar-refractivity contribution < 1.29 is 33.0 Å². The van der Waals surface area contributed by atoms with E-state index in [4.69, 9.17) is 4.74 Å². The fraction of sp³-hybridized carbons (Fsp3) is 0.0909. The molecule has 0 aliphatic carbocycles. The van der Waals surface area contributed by atoms with Crippen molar-refractivity contribution >= 4 is 44.6 Å². The van der Waals surface area contributed by atoms with E-state index in [1.807, 2.05) is 26.0 Å². The number of rotatable bonds is 10. The van der Waals surface area contributed by atoms with Gasteiger partial charge in [-0.3, -0.25) is 9.52 Å². The molecule has 0 radical (unpaired) electrons. The number of phenolic OH excluding ortho intramolecular Hbond substituents is 1. The van der Waals surface area contributed by atoms with Crippen molar-refractivity contribution in [3.63, 3.8) is 0 Å². The predicted octanol–water partition coefficient (Wildman–Crippen LogP) is 7.07. The lowest BCUT2D eigenvalue weighted by molar-refractivity contribution is 0.0698. The third kappa shape index (κ3) is 7.08. The van der Waals surface area contributed by atoms with Gasteiger partial charge in [0.2, 0.25) is 0 Å². The number of hydrogen-bond acceptors (Lipinski definition) is 7. The Balaban J connectivity index is 1.24. The molecule has 0 atom stereocenters. The summed E-state index contributed by atoms with van der Waals surface area (Å²) in [6, 6.07) is 25.7. The van der Waals surface area contributed by atoms with Crippen LogP contribution in [0.25, 0.3) is 11.1 Å². The fourth-order valence-corrected chi connectivity index (χ4v) is 6.93. The molecule has 224 valence electrons. The third-order valence-corrected chi connectivity index (χ3v) is 9.11. The van der Waals surface area contributed by atoms with Crippen molar-refractivity contribution in [1.29, 1.82) is 0 Å². The number of aromatic carboxylic acids is 1. The van der Waals surface area contributed by atoms with Gasteiger partial charge in [-0.15, -0.1) is 11.3 Å². The van der Waals surface area contributed by atoms with Crippen LogP contribution in [0.3, 0.4) is 0 Å². The van der Waals surface area contributed by atoms with Crippen LogP contribution in [-0.4, -0.2) is 30.5 Å². The highest BCUT2D eigenvalue weighted by molar-refractivity contribution is 7.93. The van der Waals surface area contributed by atoms with Gasteiger partial charge in [0.05, 0.1) is 0 Å².